The summed E-state index contributed by atoms with van der Waals surface area (Å²) in [4.78, 5) is 0. The molecule has 1 fully saturated rings. The van der Waals surface area contributed by atoms with Crippen molar-refractivity contribution in [3.63, 3.8) is 0 Å². The fourth-order valence-electron chi connectivity index (χ4n) is 1.77. The molecule has 0 saturated carbocycles. The molecule has 1 rings (SSSR count). The van der Waals surface area contributed by atoms with Gasteiger partial charge in [0.05, 0.1) is 10.3 Å². The molecule has 0 aliphatic carbocycles. The van der Waals surface area contributed by atoms with Crippen molar-refractivity contribution < 1.29 is 13.5 Å². The zero-order chi connectivity index (χ0) is 11.9. The molecule has 1 aliphatic heterocycles. The van der Waals surface area contributed by atoms with Crippen LogP contribution in [0.4, 0.5) is 0 Å². The molecule has 1 heterocycles. The monoisotopic (exact) mass is 235 g/mol. The van der Waals surface area contributed by atoms with E-state index in [1.165, 1.54) is 4.31 Å². The smallest absolute Gasteiger partial charge is 0.219 e. The summed E-state index contributed by atoms with van der Waals surface area (Å²) in [6, 6.07) is 0. The van der Waals surface area contributed by atoms with Crippen LogP contribution in [0.2, 0.25) is 0 Å². The van der Waals surface area contributed by atoms with Crippen molar-refractivity contribution in [1.82, 2.24) is 4.31 Å². The van der Waals surface area contributed by atoms with Crippen LogP contribution in [-0.2, 0) is 10.0 Å². The van der Waals surface area contributed by atoms with Gasteiger partial charge in [0.25, 0.3) is 0 Å². The number of sulfonamides is 1. The number of hydrogen-bond donors (Lipinski definition) is 1. The van der Waals surface area contributed by atoms with Crippen molar-refractivity contribution in [1.29, 1.82) is 0 Å². The quantitative estimate of drug-likeness (QED) is 0.736. The van der Waals surface area contributed by atoms with Crippen LogP contribution in [0.3, 0.4) is 0 Å². The third kappa shape index (κ3) is 2.71. The molecular formula is C10H21NO3S. The Hall–Kier alpha value is -0.130. The average Bonchev–Trinajstić information content (AvgIpc) is 2.00. The first kappa shape index (κ1) is 12.9. The van der Waals surface area contributed by atoms with E-state index in [1.807, 2.05) is 0 Å². The van der Waals surface area contributed by atoms with Gasteiger partial charge in [-0.3, -0.25) is 0 Å². The summed E-state index contributed by atoms with van der Waals surface area (Å²) >= 11 is 0. The Kier molecular flexibility index (Phi) is 3.20. The summed E-state index contributed by atoms with van der Waals surface area (Å²) in [5.74, 6) is 0. The molecule has 0 aromatic carbocycles. The highest BCUT2D eigenvalue weighted by molar-refractivity contribution is 7.90. The highest BCUT2D eigenvalue weighted by Gasteiger charge is 2.40. The molecule has 1 N–H and O–H groups in total. The van der Waals surface area contributed by atoms with Crippen LogP contribution in [0.1, 0.15) is 40.5 Å². The molecule has 0 amide bonds. The predicted molar refractivity (Wildman–Crippen MR) is 60.1 cm³/mol. The highest BCUT2D eigenvalue weighted by Crippen LogP contribution is 2.27. The summed E-state index contributed by atoms with van der Waals surface area (Å²) < 4.78 is 24.8. The van der Waals surface area contributed by atoms with Crippen LogP contribution >= 0.6 is 0 Å². The number of nitrogens with zero attached hydrogens (tertiary/aromatic N) is 1. The zero-order valence-corrected chi connectivity index (χ0v) is 10.8. The minimum Gasteiger partial charge on any atom is -0.389 e. The molecule has 4 nitrogen and oxygen atoms in total. The Morgan fingerprint density at radius 2 is 1.87 bits per heavy atom. The van der Waals surface area contributed by atoms with E-state index in [9.17, 15) is 13.5 Å². The maximum atomic E-state index is 12.1. The Bertz CT molecular complexity index is 327. The van der Waals surface area contributed by atoms with Gasteiger partial charge < -0.3 is 5.11 Å². The van der Waals surface area contributed by atoms with Crippen LogP contribution in [0.25, 0.3) is 0 Å². The second-order valence-electron chi connectivity index (χ2n) is 5.55. The molecule has 0 spiro atoms. The second-order valence-corrected chi connectivity index (χ2v) is 8.24. The molecular weight excluding hydrogens is 214 g/mol. The van der Waals surface area contributed by atoms with Gasteiger partial charge in [-0.15, -0.1) is 0 Å². The van der Waals surface area contributed by atoms with Crippen LogP contribution in [0.15, 0.2) is 0 Å². The molecule has 1 atom stereocenters. The molecule has 1 saturated heterocycles. The minimum atomic E-state index is -3.30. The predicted octanol–water partition coefficient (Wildman–Crippen LogP) is 0.962. The lowest BCUT2D eigenvalue weighted by molar-refractivity contribution is 0.00890. The van der Waals surface area contributed by atoms with Gasteiger partial charge in [0.15, 0.2) is 0 Å². The van der Waals surface area contributed by atoms with Crippen LogP contribution in [0.5, 0.6) is 0 Å². The van der Waals surface area contributed by atoms with Gasteiger partial charge in [-0.25, -0.2) is 8.42 Å². The van der Waals surface area contributed by atoms with E-state index in [0.29, 0.717) is 13.0 Å². The molecule has 0 radical (unpaired) electrons. The van der Waals surface area contributed by atoms with E-state index in [0.717, 1.165) is 6.42 Å². The maximum absolute atomic E-state index is 12.1. The minimum absolute atomic E-state index is 0.215. The van der Waals surface area contributed by atoms with Crippen molar-refractivity contribution in [2.45, 2.75) is 50.9 Å². The standard InChI is InChI=1S/C10H21NO3S/c1-9(2,3)15(13,14)11-7-5-6-10(4,12)8-11/h12H,5-8H2,1-4H3. The van der Waals surface area contributed by atoms with Gasteiger partial charge in [0.2, 0.25) is 10.0 Å². The number of rotatable bonds is 1. The van der Waals surface area contributed by atoms with Gasteiger partial charge in [0.1, 0.15) is 0 Å². The van der Waals surface area contributed by atoms with E-state index >= 15 is 0 Å². The summed E-state index contributed by atoms with van der Waals surface area (Å²) in [5.41, 5.74) is -0.878. The normalized spacial score (nSPS) is 30.5. The van der Waals surface area contributed by atoms with Gasteiger partial charge in [-0.1, -0.05) is 0 Å². The van der Waals surface area contributed by atoms with E-state index in [1.54, 1.807) is 27.7 Å². The van der Waals surface area contributed by atoms with E-state index in [-0.39, 0.29) is 6.54 Å². The van der Waals surface area contributed by atoms with E-state index in [4.69, 9.17) is 0 Å². The first-order valence-corrected chi connectivity index (χ1v) is 6.72. The van der Waals surface area contributed by atoms with Gasteiger partial charge in [0, 0.05) is 13.1 Å². The van der Waals surface area contributed by atoms with E-state index < -0.39 is 20.4 Å². The van der Waals surface area contributed by atoms with Crippen molar-refractivity contribution in [2.24, 2.45) is 0 Å². The highest BCUT2D eigenvalue weighted by atomic mass is 32.2. The lowest BCUT2D eigenvalue weighted by atomic mass is 9.97. The van der Waals surface area contributed by atoms with Gasteiger partial charge >= 0.3 is 0 Å². The van der Waals surface area contributed by atoms with Crippen LogP contribution in [-0.4, -0.2) is 41.3 Å². The molecule has 0 aromatic heterocycles. The molecule has 0 aromatic rings. The van der Waals surface area contributed by atoms with Crippen LogP contribution < -0.4 is 0 Å². The number of aliphatic hydroxyl groups is 1. The summed E-state index contributed by atoms with van der Waals surface area (Å²) in [6.45, 7) is 7.49. The third-order valence-corrected chi connectivity index (χ3v) is 5.29. The van der Waals surface area contributed by atoms with Crippen LogP contribution in [0, 0.1) is 0 Å². The molecule has 15 heavy (non-hydrogen) atoms. The molecule has 1 aliphatic rings. The van der Waals surface area contributed by atoms with Gasteiger partial charge in [-0.2, -0.15) is 4.31 Å². The third-order valence-electron chi connectivity index (χ3n) is 2.75. The van der Waals surface area contributed by atoms with E-state index in [2.05, 4.69) is 0 Å². The molecule has 0 bridgehead atoms. The zero-order valence-electron chi connectivity index (χ0n) is 9.95. The maximum Gasteiger partial charge on any atom is 0.219 e. The Balaban J connectivity index is 2.90. The van der Waals surface area contributed by atoms with Crippen molar-refractivity contribution in [3.8, 4) is 0 Å². The lowest BCUT2D eigenvalue weighted by Gasteiger charge is -2.39. The fraction of sp³-hybridized carbons (Fsp3) is 1.00. The lowest BCUT2D eigenvalue weighted by Crippen LogP contribution is -2.52. The number of β-amino-alcohol motifs (C(OH)–C–C–N with tert-alkyl or cyclic N) is 1. The first-order valence-electron chi connectivity index (χ1n) is 5.28. The first-order chi connectivity index (χ1) is 6.56. The Labute approximate surface area is 92.3 Å². The summed E-state index contributed by atoms with van der Waals surface area (Å²) in [6.07, 6.45) is 1.39. The molecule has 90 valence electrons. The topological polar surface area (TPSA) is 57.6 Å². The summed E-state index contributed by atoms with van der Waals surface area (Å²) in [5, 5.41) is 9.87. The number of hydrogen-bond acceptors (Lipinski definition) is 3. The van der Waals surface area contributed by atoms with Crippen molar-refractivity contribution in [3.05, 3.63) is 0 Å². The second kappa shape index (κ2) is 3.71. The Morgan fingerprint density at radius 3 is 2.27 bits per heavy atom. The summed E-state index contributed by atoms with van der Waals surface area (Å²) in [7, 11) is -3.30. The molecule has 1 unspecified atom stereocenters. The number of piperidine rings is 1. The molecule has 5 heteroatoms. The largest absolute Gasteiger partial charge is 0.389 e. The SMILES string of the molecule is CC1(O)CCCN(S(=O)(=O)C(C)(C)C)C1. The fourth-order valence-corrected chi connectivity index (χ4v) is 3.36. The Morgan fingerprint density at radius 1 is 1.33 bits per heavy atom. The van der Waals surface area contributed by atoms with Crippen molar-refractivity contribution >= 4 is 10.0 Å². The average molecular weight is 235 g/mol. The van der Waals surface area contributed by atoms with Crippen molar-refractivity contribution in [2.75, 3.05) is 13.1 Å². The van der Waals surface area contributed by atoms with Gasteiger partial charge in [-0.05, 0) is 40.5 Å².